The Balaban J connectivity index is 1.92. The van der Waals surface area contributed by atoms with Gasteiger partial charge in [-0.3, -0.25) is 4.79 Å². The van der Waals surface area contributed by atoms with E-state index >= 15 is 0 Å². The van der Waals surface area contributed by atoms with Gasteiger partial charge in [-0.1, -0.05) is 30.3 Å². The third kappa shape index (κ3) is 3.17. The van der Waals surface area contributed by atoms with E-state index in [0.717, 1.165) is 5.56 Å². The molecule has 17 heavy (non-hydrogen) atoms. The predicted molar refractivity (Wildman–Crippen MR) is 63.1 cm³/mol. The smallest absolute Gasteiger partial charge is 0.228 e. The first-order valence-electron chi connectivity index (χ1n) is 5.40. The molecular formula is C13H14N2O2. The van der Waals surface area contributed by atoms with Crippen molar-refractivity contribution in [1.82, 2.24) is 9.88 Å². The van der Waals surface area contributed by atoms with Crippen molar-refractivity contribution < 1.29 is 9.21 Å². The molecule has 0 aliphatic heterocycles. The van der Waals surface area contributed by atoms with Crippen LogP contribution in [0.15, 0.2) is 47.4 Å². The maximum Gasteiger partial charge on any atom is 0.228 e. The second-order valence-electron chi connectivity index (χ2n) is 3.89. The Labute approximate surface area is 99.9 Å². The summed E-state index contributed by atoms with van der Waals surface area (Å²) in [6.45, 7) is 0.609. The van der Waals surface area contributed by atoms with Gasteiger partial charge >= 0.3 is 0 Å². The number of hydrogen-bond donors (Lipinski definition) is 0. The minimum atomic E-state index is 0.0303. The highest BCUT2D eigenvalue weighted by molar-refractivity contribution is 5.77. The third-order valence-corrected chi connectivity index (χ3v) is 2.50. The quantitative estimate of drug-likeness (QED) is 0.805. The lowest BCUT2D eigenvalue weighted by Crippen LogP contribution is -2.27. The summed E-state index contributed by atoms with van der Waals surface area (Å²) >= 11 is 0. The van der Waals surface area contributed by atoms with Gasteiger partial charge in [0.1, 0.15) is 6.26 Å². The molecule has 1 aromatic heterocycles. The van der Waals surface area contributed by atoms with Crippen LogP contribution < -0.4 is 0 Å². The zero-order valence-corrected chi connectivity index (χ0v) is 9.67. The van der Waals surface area contributed by atoms with Gasteiger partial charge in [0, 0.05) is 13.6 Å². The van der Waals surface area contributed by atoms with Crippen molar-refractivity contribution in [2.45, 2.75) is 13.0 Å². The maximum absolute atomic E-state index is 11.9. The number of oxazole rings is 1. The van der Waals surface area contributed by atoms with E-state index in [2.05, 4.69) is 4.98 Å². The standard InChI is InChI=1S/C13H14N2O2/c1-15(8-11-5-3-2-4-6-11)13(16)7-12-9-17-10-14-12/h2-6,9-10H,7-8H2,1H3. The number of carbonyl (C=O) groups is 1. The van der Waals surface area contributed by atoms with E-state index in [1.54, 1.807) is 11.9 Å². The Morgan fingerprint density at radius 1 is 1.35 bits per heavy atom. The van der Waals surface area contributed by atoms with Gasteiger partial charge in [-0.2, -0.15) is 0 Å². The molecule has 0 fully saturated rings. The molecule has 1 aromatic carbocycles. The van der Waals surface area contributed by atoms with Crippen LogP contribution in [0, 0.1) is 0 Å². The molecule has 4 nitrogen and oxygen atoms in total. The van der Waals surface area contributed by atoms with Crippen molar-refractivity contribution in [3.8, 4) is 0 Å². The normalized spacial score (nSPS) is 10.2. The molecule has 1 amide bonds. The zero-order valence-electron chi connectivity index (χ0n) is 9.67. The molecule has 2 rings (SSSR count). The molecule has 2 aromatic rings. The van der Waals surface area contributed by atoms with E-state index in [0.29, 0.717) is 12.2 Å². The monoisotopic (exact) mass is 230 g/mol. The first-order chi connectivity index (χ1) is 8.25. The number of benzene rings is 1. The lowest BCUT2D eigenvalue weighted by molar-refractivity contribution is -0.129. The fourth-order valence-electron chi connectivity index (χ4n) is 1.56. The van der Waals surface area contributed by atoms with Crippen LogP contribution in [0.2, 0.25) is 0 Å². The summed E-state index contributed by atoms with van der Waals surface area (Å²) in [6, 6.07) is 9.89. The fraction of sp³-hybridized carbons (Fsp3) is 0.231. The van der Waals surface area contributed by atoms with Gasteiger partial charge < -0.3 is 9.32 Å². The number of carbonyl (C=O) groups excluding carboxylic acids is 1. The minimum absolute atomic E-state index is 0.0303. The molecular weight excluding hydrogens is 216 g/mol. The van der Waals surface area contributed by atoms with E-state index < -0.39 is 0 Å². The van der Waals surface area contributed by atoms with Gasteiger partial charge in [-0.05, 0) is 5.56 Å². The van der Waals surface area contributed by atoms with Crippen LogP contribution in [-0.2, 0) is 17.8 Å². The fourth-order valence-corrected chi connectivity index (χ4v) is 1.56. The van der Waals surface area contributed by atoms with Gasteiger partial charge in [-0.15, -0.1) is 0 Å². The molecule has 0 N–H and O–H groups in total. The number of nitrogens with zero attached hydrogens (tertiary/aromatic N) is 2. The summed E-state index contributed by atoms with van der Waals surface area (Å²) in [5, 5.41) is 0. The van der Waals surface area contributed by atoms with Crippen molar-refractivity contribution >= 4 is 5.91 Å². The second kappa shape index (κ2) is 5.30. The molecule has 0 radical (unpaired) electrons. The van der Waals surface area contributed by atoms with Gasteiger partial charge in [0.25, 0.3) is 0 Å². The van der Waals surface area contributed by atoms with Crippen LogP contribution in [0.5, 0.6) is 0 Å². The van der Waals surface area contributed by atoms with E-state index in [-0.39, 0.29) is 12.3 Å². The SMILES string of the molecule is CN(Cc1ccccc1)C(=O)Cc1cocn1. The highest BCUT2D eigenvalue weighted by Crippen LogP contribution is 2.05. The Morgan fingerprint density at radius 3 is 2.76 bits per heavy atom. The lowest BCUT2D eigenvalue weighted by atomic mass is 10.2. The average molecular weight is 230 g/mol. The Kier molecular flexibility index (Phi) is 3.55. The molecule has 0 bridgehead atoms. The summed E-state index contributed by atoms with van der Waals surface area (Å²) in [5.74, 6) is 0.0303. The topological polar surface area (TPSA) is 46.3 Å². The summed E-state index contributed by atoms with van der Waals surface area (Å²) in [6.07, 6.45) is 3.11. The first kappa shape index (κ1) is 11.4. The second-order valence-corrected chi connectivity index (χ2v) is 3.89. The average Bonchev–Trinajstić information content (AvgIpc) is 2.83. The zero-order chi connectivity index (χ0) is 12.1. The summed E-state index contributed by atoms with van der Waals surface area (Å²) in [7, 11) is 1.79. The number of aromatic nitrogens is 1. The molecule has 88 valence electrons. The van der Waals surface area contributed by atoms with Crippen LogP contribution >= 0.6 is 0 Å². The van der Waals surface area contributed by atoms with Gasteiger partial charge in [-0.25, -0.2) is 4.98 Å². The summed E-state index contributed by atoms with van der Waals surface area (Å²) < 4.78 is 4.83. The number of amides is 1. The predicted octanol–water partition coefficient (Wildman–Crippen LogP) is 1.88. The molecule has 0 saturated heterocycles. The molecule has 0 saturated carbocycles. The molecule has 0 unspecified atom stereocenters. The Morgan fingerprint density at radius 2 is 2.12 bits per heavy atom. The third-order valence-electron chi connectivity index (χ3n) is 2.50. The van der Waals surface area contributed by atoms with Gasteiger partial charge in [0.2, 0.25) is 5.91 Å². The molecule has 1 heterocycles. The largest absolute Gasteiger partial charge is 0.451 e. The molecule has 0 aliphatic rings. The van der Waals surface area contributed by atoms with Crippen LogP contribution in [0.4, 0.5) is 0 Å². The highest BCUT2D eigenvalue weighted by Gasteiger charge is 2.11. The van der Waals surface area contributed by atoms with E-state index in [9.17, 15) is 4.79 Å². The highest BCUT2D eigenvalue weighted by atomic mass is 16.3. The maximum atomic E-state index is 11.9. The van der Waals surface area contributed by atoms with E-state index in [4.69, 9.17) is 4.42 Å². The van der Waals surface area contributed by atoms with Crippen LogP contribution in [0.25, 0.3) is 0 Å². The van der Waals surface area contributed by atoms with Crippen molar-refractivity contribution in [2.75, 3.05) is 7.05 Å². The minimum Gasteiger partial charge on any atom is -0.451 e. The lowest BCUT2D eigenvalue weighted by Gasteiger charge is -2.16. The van der Waals surface area contributed by atoms with E-state index in [1.807, 2.05) is 30.3 Å². The number of rotatable bonds is 4. The van der Waals surface area contributed by atoms with Crippen molar-refractivity contribution in [3.63, 3.8) is 0 Å². The van der Waals surface area contributed by atoms with Gasteiger partial charge in [0.15, 0.2) is 6.39 Å². The van der Waals surface area contributed by atoms with Crippen molar-refractivity contribution in [1.29, 1.82) is 0 Å². The van der Waals surface area contributed by atoms with Crippen LogP contribution in [-0.4, -0.2) is 22.8 Å². The molecule has 4 heteroatoms. The van der Waals surface area contributed by atoms with Crippen molar-refractivity contribution in [3.05, 3.63) is 54.2 Å². The molecule has 0 aliphatic carbocycles. The summed E-state index contributed by atoms with van der Waals surface area (Å²) in [5.41, 5.74) is 1.78. The Hall–Kier alpha value is -2.10. The van der Waals surface area contributed by atoms with Crippen LogP contribution in [0.1, 0.15) is 11.3 Å². The summed E-state index contributed by atoms with van der Waals surface area (Å²) in [4.78, 5) is 17.5. The molecule has 0 atom stereocenters. The van der Waals surface area contributed by atoms with Crippen LogP contribution in [0.3, 0.4) is 0 Å². The first-order valence-corrected chi connectivity index (χ1v) is 5.40. The number of likely N-dealkylation sites (N-methyl/N-ethyl adjacent to an activating group) is 1. The number of hydrogen-bond acceptors (Lipinski definition) is 3. The van der Waals surface area contributed by atoms with Crippen molar-refractivity contribution in [2.24, 2.45) is 0 Å². The molecule has 0 spiro atoms. The Bertz CT molecular complexity index is 465. The van der Waals surface area contributed by atoms with Gasteiger partial charge in [0.05, 0.1) is 12.1 Å². The van der Waals surface area contributed by atoms with E-state index in [1.165, 1.54) is 12.7 Å².